The Bertz CT molecular complexity index is 1270. The third-order valence-electron chi connectivity index (χ3n) is 4.57. The smallest absolute Gasteiger partial charge is 0.258 e. The molecular weight excluding hydrogens is 400 g/mol. The number of carbonyl (C=O) groups excluding carboxylic acids is 2. The molecule has 0 spiro atoms. The number of aryl methyl sites for hydroxylation is 3. The molecule has 0 unspecified atom stereocenters. The molecule has 0 aliphatic heterocycles. The van der Waals surface area contributed by atoms with E-state index in [9.17, 15) is 9.59 Å². The van der Waals surface area contributed by atoms with E-state index >= 15 is 0 Å². The van der Waals surface area contributed by atoms with Gasteiger partial charge < -0.3 is 5.32 Å². The minimum atomic E-state index is -0.247. The van der Waals surface area contributed by atoms with Gasteiger partial charge in [-0.15, -0.1) is 11.3 Å². The normalized spacial score (nSPS) is 10.9. The van der Waals surface area contributed by atoms with E-state index in [2.05, 4.69) is 25.7 Å². The Morgan fingerprint density at radius 2 is 1.80 bits per heavy atom. The monoisotopic (exact) mass is 420 g/mol. The van der Waals surface area contributed by atoms with Crippen LogP contribution in [0.4, 0.5) is 10.8 Å². The number of pyridine rings is 1. The average molecular weight is 420 g/mol. The molecule has 4 rings (SSSR count). The minimum Gasteiger partial charge on any atom is -0.326 e. The third-order valence-corrected chi connectivity index (χ3v) is 5.32. The molecule has 9 heteroatoms. The van der Waals surface area contributed by atoms with Crippen LogP contribution in [-0.2, 0) is 11.8 Å². The number of hydrogen-bond donors (Lipinski definition) is 2. The summed E-state index contributed by atoms with van der Waals surface area (Å²) in [7, 11) is 1.81. The van der Waals surface area contributed by atoms with Gasteiger partial charge in [-0.1, -0.05) is 12.1 Å². The van der Waals surface area contributed by atoms with Crippen molar-refractivity contribution in [2.45, 2.75) is 20.8 Å². The van der Waals surface area contributed by atoms with Crippen LogP contribution < -0.4 is 10.6 Å². The summed E-state index contributed by atoms with van der Waals surface area (Å²) in [6.07, 6.45) is 0. The van der Waals surface area contributed by atoms with Gasteiger partial charge in [0.1, 0.15) is 0 Å². The van der Waals surface area contributed by atoms with E-state index in [1.807, 2.05) is 50.5 Å². The average Bonchev–Trinajstić information content (AvgIpc) is 3.26. The topological polar surface area (TPSA) is 102 Å². The van der Waals surface area contributed by atoms with Gasteiger partial charge in [0.15, 0.2) is 10.8 Å². The molecular formula is C21H20N6O2S. The first-order valence-corrected chi connectivity index (χ1v) is 10.2. The molecule has 2 N–H and O–H groups in total. The molecule has 2 amide bonds. The Morgan fingerprint density at radius 3 is 2.50 bits per heavy atom. The number of nitrogens with one attached hydrogen (secondary N) is 2. The molecule has 8 nitrogen and oxygen atoms in total. The third kappa shape index (κ3) is 3.79. The molecule has 0 radical (unpaired) electrons. The highest BCUT2D eigenvalue weighted by Gasteiger charge is 2.19. The lowest BCUT2D eigenvalue weighted by atomic mass is 10.1. The van der Waals surface area contributed by atoms with E-state index in [1.165, 1.54) is 18.3 Å². The molecule has 3 aromatic heterocycles. The second-order valence-corrected chi connectivity index (χ2v) is 7.83. The molecule has 1 aromatic carbocycles. The Kier molecular flexibility index (Phi) is 5.04. The molecule has 0 atom stereocenters. The Labute approximate surface area is 177 Å². The van der Waals surface area contributed by atoms with Crippen molar-refractivity contribution in [3.63, 3.8) is 0 Å². The lowest BCUT2D eigenvalue weighted by molar-refractivity contribution is -0.114. The molecule has 0 saturated carbocycles. The highest BCUT2D eigenvalue weighted by atomic mass is 32.1. The van der Waals surface area contributed by atoms with Crippen molar-refractivity contribution in [1.29, 1.82) is 0 Å². The van der Waals surface area contributed by atoms with Crippen molar-refractivity contribution in [3.8, 4) is 11.3 Å². The predicted molar refractivity (Wildman–Crippen MR) is 118 cm³/mol. The first-order chi connectivity index (χ1) is 14.3. The fourth-order valence-electron chi connectivity index (χ4n) is 3.30. The first kappa shape index (κ1) is 19.7. The van der Waals surface area contributed by atoms with Crippen LogP contribution in [0.25, 0.3) is 22.3 Å². The van der Waals surface area contributed by atoms with E-state index in [0.717, 1.165) is 33.7 Å². The van der Waals surface area contributed by atoms with Gasteiger partial charge in [0, 0.05) is 36.3 Å². The van der Waals surface area contributed by atoms with Crippen LogP contribution >= 0.6 is 11.3 Å². The molecule has 0 bridgehead atoms. The molecule has 30 heavy (non-hydrogen) atoms. The standard InChI is InChI=1S/C21H20N6O2S/c1-11-9-16(18-12(2)26-27(4)19(18)22-11)20(29)25-21-24-17(10-30-21)14-5-7-15(8-6-14)23-13(3)28/h5-10H,1-4H3,(H,23,28)(H,24,25,29). The molecule has 0 aliphatic carbocycles. The number of aromatic nitrogens is 4. The summed E-state index contributed by atoms with van der Waals surface area (Å²) >= 11 is 1.35. The van der Waals surface area contributed by atoms with Crippen molar-refractivity contribution < 1.29 is 9.59 Å². The number of amides is 2. The van der Waals surface area contributed by atoms with Crippen LogP contribution in [0.15, 0.2) is 35.7 Å². The maximum Gasteiger partial charge on any atom is 0.258 e. The van der Waals surface area contributed by atoms with Gasteiger partial charge in [0.05, 0.1) is 22.3 Å². The summed E-state index contributed by atoms with van der Waals surface area (Å²) in [6, 6.07) is 9.15. The molecule has 152 valence electrons. The van der Waals surface area contributed by atoms with Gasteiger partial charge in [0.2, 0.25) is 5.91 Å². The van der Waals surface area contributed by atoms with Gasteiger partial charge in [0.25, 0.3) is 5.91 Å². The molecule has 0 aliphatic rings. The van der Waals surface area contributed by atoms with Gasteiger partial charge in [-0.2, -0.15) is 5.10 Å². The van der Waals surface area contributed by atoms with E-state index in [4.69, 9.17) is 0 Å². The van der Waals surface area contributed by atoms with Gasteiger partial charge >= 0.3 is 0 Å². The number of hydrogen-bond acceptors (Lipinski definition) is 6. The molecule has 4 aromatic rings. The van der Waals surface area contributed by atoms with Crippen molar-refractivity contribution in [3.05, 3.63) is 52.7 Å². The zero-order valence-corrected chi connectivity index (χ0v) is 17.8. The summed E-state index contributed by atoms with van der Waals surface area (Å²) < 4.78 is 1.68. The van der Waals surface area contributed by atoms with Crippen LogP contribution in [0.2, 0.25) is 0 Å². The molecule has 0 fully saturated rings. The summed E-state index contributed by atoms with van der Waals surface area (Å²) in [5.74, 6) is -0.366. The number of rotatable bonds is 4. The summed E-state index contributed by atoms with van der Waals surface area (Å²) in [5.41, 5.74) is 5.07. The molecule has 3 heterocycles. The van der Waals surface area contributed by atoms with Crippen molar-refractivity contribution >= 4 is 45.0 Å². The van der Waals surface area contributed by atoms with E-state index in [0.29, 0.717) is 16.3 Å². The maximum atomic E-state index is 13.0. The van der Waals surface area contributed by atoms with Gasteiger partial charge in [-0.3, -0.25) is 19.6 Å². The van der Waals surface area contributed by atoms with Crippen LogP contribution in [0.3, 0.4) is 0 Å². The zero-order valence-electron chi connectivity index (χ0n) is 17.0. The van der Waals surface area contributed by atoms with Crippen LogP contribution in [0, 0.1) is 13.8 Å². The van der Waals surface area contributed by atoms with Crippen LogP contribution in [0.1, 0.15) is 28.7 Å². The zero-order chi connectivity index (χ0) is 21.4. The second-order valence-electron chi connectivity index (χ2n) is 6.97. The van der Waals surface area contributed by atoms with Crippen molar-refractivity contribution in [2.75, 3.05) is 10.6 Å². The highest BCUT2D eigenvalue weighted by molar-refractivity contribution is 7.14. The van der Waals surface area contributed by atoms with Crippen LogP contribution in [0.5, 0.6) is 0 Å². The number of fused-ring (bicyclic) bond motifs is 1. The SMILES string of the molecule is CC(=O)Nc1ccc(-c2csc(NC(=O)c3cc(C)nc4c3c(C)nn4C)n2)cc1. The second kappa shape index (κ2) is 7.68. The Hall–Kier alpha value is -3.59. The van der Waals surface area contributed by atoms with E-state index < -0.39 is 0 Å². The maximum absolute atomic E-state index is 13.0. The van der Waals surface area contributed by atoms with Gasteiger partial charge in [-0.25, -0.2) is 9.97 Å². The number of nitrogens with zero attached hydrogens (tertiary/aromatic N) is 4. The number of benzene rings is 1. The van der Waals surface area contributed by atoms with E-state index in [1.54, 1.807) is 10.7 Å². The largest absolute Gasteiger partial charge is 0.326 e. The first-order valence-electron chi connectivity index (χ1n) is 9.27. The quantitative estimate of drug-likeness (QED) is 0.521. The predicted octanol–water partition coefficient (Wildman–Crippen LogP) is 3.92. The van der Waals surface area contributed by atoms with Crippen molar-refractivity contribution in [2.24, 2.45) is 7.05 Å². The van der Waals surface area contributed by atoms with Gasteiger partial charge in [-0.05, 0) is 32.0 Å². The highest BCUT2D eigenvalue weighted by Crippen LogP contribution is 2.27. The summed E-state index contributed by atoms with van der Waals surface area (Å²) in [5, 5.41) is 13.1. The lowest BCUT2D eigenvalue weighted by Crippen LogP contribution is -2.13. The summed E-state index contributed by atoms with van der Waals surface area (Å²) in [6.45, 7) is 5.18. The van der Waals surface area contributed by atoms with Crippen LogP contribution in [-0.4, -0.2) is 31.6 Å². The Morgan fingerprint density at radius 1 is 1.07 bits per heavy atom. The number of anilines is 2. The van der Waals surface area contributed by atoms with E-state index in [-0.39, 0.29) is 11.8 Å². The summed E-state index contributed by atoms with van der Waals surface area (Å²) in [4.78, 5) is 33.2. The lowest BCUT2D eigenvalue weighted by Gasteiger charge is -2.06. The number of carbonyl (C=O) groups is 2. The number of thiazole rings is 1. The Balaban J connectivity index is 1.58. The molecule has 0 saturated heterocycles. The van der Waals surface area contributed by atoms with Crippen molar-refractivity contribution in [1.82, 2.24) is 19.7 Å². The fourth-order valence-corrected chi connectivity index (χ4v) is 4.02. The fraction of sp³-hybridized carbons (Fsp3) is 0.190. The minimum absolute atomic E-state index is 0.120.